The number of aryl methyl sites for hydroxylation is 1. The van der Waals surface area contributed by atoms with E-state index in [0.29, 0.717) is 6.54 Å². The normalized spacial score (nSPS) is 18.4. The van der Waals surface area contributed by atoms with Crippen LogP contribution in [-0.2, 0) is 4.74 Å². The summed E-state index contributed by atoms with van der Waals surface area (Å²) >= 11 is 3.39. The van der Waals surface area contributed by atoms with E-state index in [2.05, 4.69) is 26.2 Å². The zero-order chi connectivity index (χ0) is 16.3. The van der Waals surface area contributed by atoms with E-state index < -0.39 is 5.60 Å². The van der Waals surface area contributed by atoms with Gasteiger partial charge in [-0.15, -0.1) is 0 Å². The number of nitrogens with one attached hydrogen (secondary N) is 1. The van der Waals surface area contributed by atoms with E-state index in [1.54, 1.807) is 6.20 Å². The van der Waals surface area contributed by atoms with E-state index in [9.17, 15) is 4.79 Å². The van der Waals surface area contributed by atoms with Crippen molar-refractivity contribution in [1.29, 1.82) is 0 Å². The van der Waals surface area contributed by atoms with Gasteiger partial charge in [0.2, 0.25) is 0 Å². The Bertz CT molecular complexity index is 543. The van der Waals surface area contributed by atoms with Crippen LogP contribution < -0.4 is 5.32 Å². The number of amides is 1. The molecule has 0 aromatic carbocycles. The van der Waals surface area contributed by atoms with Crippen molar-refractivity contribution in [3.8, 4) is 0 Å². The van der Waals surface area contributed by atoms with E-state index in [0.717, 1.165) is 35.2 Å². The molecule has 1 amide bonds. The number of hydrogen-bond acceptors (Lipinski definition) is 4. The number of hydrogen-bond donors (Lipinski definition) is 1. The lowest BCUT2D eigenvalue weighted by molar-refractivity contribution is 0.0235. The van der Waals surface area contributed by atoms with Gasteiger partial charge in [0.15, 0.2) is 0 Å². The molecule has 0 radical (unpaired) electrons. The van der Waals surface area contributed by atoms with Crippen LogP contribution in [0.3, 0.4) is 0 Å². The molecule has 2 rings (SSSR count). The first kappa shape index (κ1) is 17.1. The predicted molar refractivity (Wildman–Crippen MR) is 91.1 cm³/mol. The second-order valence-corrected chi connectivity index (χ2v) is 7.43. The maximum absolute atomic E-state index is 12.2. The van der Waals surface area contributed by atoms with Gasteiger partial charge in [-0.2, -0.15) is 0 Å². The van der Waals surface area contributed by atoms with Gasteiger partial charge in [-0.25, -0.2) is 9.78 Å². The lowest BCUT2D eigenvalue weighted by Gasteiger charge is -2.28. The Morgan fingerprint density at radius 3 is 2.91 bits per heavy atom. The number of anilines is 1. The minimum Gasteiger partial charge on any atom is -0.444 e. The first-order valence-electron chi connectivity index (χ1n) is 7.62. The Morgan fingerprint density at radius 1 is 1.55 bits per heavy atom. The van der Waals surface area contributed by atoms with E-state index in [1.807, 2.05) is 38.7 Å². The maximum Gasteiger partial charge on any atom is 0.410 e. The highest BCUT2D eigenvalue weighted by Crippen LogP contribution is 2.22. The summed E-state index contributed by atoms with van der Waals surface area (Å²) < 4.78 is 6.34. The SMILES string of the molecule is Cc1cc(NCC2CCCN2C(=O)OC(C)(C)C)cnc1Br. The summed E-state index contributed by atoms with van der Waals surface area (Å²) in [5, 5.41) is 3.37. The fourth-order valence-electron chi connectivity index (χ4n) is 2.50. The Labute approximate surface area is 140 Å². The molecule has 5 nitrogen and oxygen atoms in total. The van der Waals surface area contributed by atoms with Crippen LogP contribution >= 0.6 is 15.9 Å². The Hall–Kier alpha value is -1.30. The number of nitrogens with zero attached hydrogens (tertiary/aromatic N) is 2. The van der Waals surface area contributed by atoms with E-state index in [-0.39, 0.29) is 12.1 Å². The van der Waals surface area contributed by atoms with Crippen molar-refractivity contribution in [2.75, 3.05) is 18.4 Å². The third-order valence-electron chi connectivity index (χ3n) is 3.56. The highest BCUT2D eigenvalue weighted by atomic mass is 79.9. The Kier molecular flexibility index (Phi) is 5.32. The average Bonchev–Trinajstić information content (AvgIpc) is 2.87. The lowest BCUT2D eigenvalue weighted by atomic mass is 10.2. The van der Waals surface area contributed by atoms with Crippen LogP contribution in [0.5, 0.6) is 0 Å². The molecule has 1 aliphatic heterocycles. The van der Waals surface area contributed by atoms with Gasteiger partial charge >= 0.3 is 6.09 Å². The van der Waals surface area contributed by atoms with Gasteiger partial charge in [0.25, 0.3) is 0 Å². The van der Waals surface area contributed by atoms with E-state index in [4.69, 9.17) is 4.74 Å². The number of pyridine rings is 1. The molecule has 1 atom stereocenters. The Morgan fingerprint density at radius 2 is 2.27 bits per heavy atom. The first-order chi connectivity index (χ1) is 10.3. The molecular formula is C16H24BrN3O2. The molecule has 2 heterocycles. The minimum absolute atomic E-state index is 0.166. The second kappa shape index (κ2) is 6.86. The molecule has 1 aromatic rings. The summed E-state index contributed by atoms with van der Waals surface area (Å²) in [7, 11) is 0. The molecular weight excluding hydrogens is 346 g/mol. The Balaban J connectivity index is 1.93. The van der Waals surface area contributed by atoms with Crippen LogP contribution in [0.1, 0.15) is 39.2 Å². The zero-order valence-corrected chi connectivity index (χ0v) is 15.2. The van der Waals surface area contributed by atoms with Crippen LogP contribution in [0.25, 0.3) is 0 Å². The lowest BCUT2D eigenvalue weighted by Crippen LogP contribution is -2.42. The number of carbonyl (C=O) groups excluding carboxylic acids is 1. The number of carbonyl (C=O) groups is 1. The number of aromatic nitrogens is 1. The number of ether oxygens (including phenoxy) is 1. The third-order valence-corrected chi connectivity index (χ3v) is 4.39. The molecule has 1 unspecified atom stereocenters. The van der Waals surface area contributed by atoms with Crippen molar-refractivity contribution >= 4 is 27.7 Å². The minimum atomic E-state index is -0.454. The van der Waals surface area contributed by atoms with Gasteiger partial charge < -0.3 is 15.0 Å². The van der Waals surface area contributed by atoms with Crippen molar-refractivity contribution < 1.29 is 9.53 Å². The van der Waals surface area contributed by atoms with E-state index >= 15 is 0 Å². The molecule has 1 saturated heterocycles. The van der Waals surface area contributed by atoms with Crippen molar-refractivity contribution in [3.63, 3.8) is 0 Å². The zero-order valence-electron chi connectivity index (χ0n) is 13.6. The van der Waals surface area contributed by atoms with E-state index in [1.165, 1.54) is 0 Å². The number of likely N-dealkylation sites (tertiary alicyclic amines) is 1. The highest BCUT2D eigenvalue weighted by molar-refractivity contribution is 9.10. The maximum atomic E-state index is 12.2. The van der Waals surface area contributed by atoms with Gasteiger partial charge in [0.1, 0.15) is 10.2 Å². The molecule has 1 fully saturated rings. The summed E-state index contributed by atoms with van der Waals surface area (Å²) in [5.74, 6) is 0. The second-order valence-electron chi connectivity index (χ2n) is 6.68. The molecule has 0 saturated carbocycles. The van der Waals surface area contributed by atoms with Gasteiger partial charge in [-0.05, 0) is 68.1 Å². The molecule has 1 aromatic heterocycles. The van der Waals surface area contributed by atoms with Gasteiger partial charge in [0.05, 0.1) is 17.9 Å². The topological polar surface area (TPSA) is 54.5 Å². The molecule has 122 valence electrons. The van der Waals surface area contributed by atoms with Gasteiger partial charge in [-0.3, -0.25) is 0 Å². The average molecular weight is 370 g/mol. The molecule has 0 aliphatic carbocycles. The largest absolute Gasteiger partial charge is 0.444 e. The fraction of sp³-hybridized carbons (Fsp3) is 0.625. The summed E-state index contributed by atoms with van der Waals surface area (Å²) in [5.41, 5.74) is 1.60. The van der Waals surface area contributed by atoms with Crippen LogP contribution in [0, 0.1) is 6.92 Å². The van der Waals surface area contributed by atoms with Crippen LogP contribution in [0.4, 0.5) is 10.5 Å². The van der Waals surface area contributed by atoms with Crippen LogP contribution in [0.2, 0.25) is 0 Å². The van der Waals surface area contributed by atoms with Crippen molar-refractivity contribution in [3.05, 3.63) is 22.4 Å². The number of rotatable bonds is 3. The summed E-state index contributed by atoms with van der Waals surface area (Å²) in [6, 6.07) is 2.21. The van der Waals surface area contributed by atoms with Crippen molar-refractivity contribution in [1.82, 2.24) is 9.88 Å². The summed E-state index contributed by atoms with van der Waals surface area (Å²) in [6.07, 6.45) is 3.59. The molecule has 22 heavy (non-hydrogen) atoms. The molecule has 0 bridgehead atoms. The molecule has 1 aliphatic rings. The van der Waals surface area contributed by atoms with Crippen molar-refractivity contribution in [2.24, 2.45) is 0 Å². The van der Waals surface area contributed by atoms with Gasteiger partial charge in [-0.1, -0.05) is 0 Å². The molecule has 0 spiro atoms. The molecule has 1 N–H and O–H groups in total. The standard InChI is InChI=1S/C16H24BrN3O2/c1-11-8-12(9-19-14(11)17)18-10-13-6-5-7-20(13)15(21)22-16(2,3)4/h8-9,13,18H,5-7,10H2,1-4H3. The predicted octanol–water partition coefficient (Wildman–Crippen LogP) is 3.96. The third kappa shape index (κ3) is 4.60. The van der Waals surface area contributed by atoms with Crippen LogP contribution in [-0.4, -0.2) is 40.7 Å². The molecule has 6 heteroatoms. The number of halogens is 1. The smallest absolute Gasteiger partial charge is 0.410 e. The monoisotopic (exact) mass is 369 g/mol. The van der Waals surface area contributed by atoms with Crippen molar-refractivity contribution in [2.45, 2.75) is 52.2 Å². The van der Waals surface area contributed by atoms with Gasteiger partial charge in [0, 0.05) is 13.1 Å². The quantitative estimate of drug-likeness (QED) is 0.819. The highest BCUT2D eigenvalue weighted by Gasteiger charge is 2.31. The van der Waals surface area contributed by atoms with Crippen LogP contribution in [0.15, 0.2) is 16.9 Å². The summed E-state index contributed by atoms with van der Waals surface area (Å²) in [6.45, 7) is 9.16. The fourth-order valence-corrected chi connectivity index (χ4v) is 2.72. The first-order valence-corrected chi connectivity index (χ1v) is 8.41. The summed E-state index contributed by atoms with van der Waals surface area (Å²) in [4.78, 5) is 18.3.